The van der Waals surface area contributed by atoms with Crippen molar-refractivity contribution in [2.75, 3.05) is 5.32 Å². The number of urea groups is 1. The second-order valence-corrected chi connectivity index (χ2v) is 6.98. The first-order chi connectivity index (χ1) is 10.1. The molecule has 3 rings (SSSR count). The number of carbonyl (C=O) groups excluding carboxylic acids is 1. The molecule has 2 amide bonds. The number of fused-ring (bicyclic) bond motifs is 1. The van der Waals surface area contributed by atoms with Gasteiger partial charge in [0.25, 0.3) is 0 Å². The van der Waals surface area contributed by atoms with Crippen LogP contribution >= 0.6 is 11.3 Å². The highest BCUT2D eigenvalue weighted by atomic mass is 32.1. The average molecular weight is 303 g/mol. The number of rotatable bonds is 3. The fraction of sp³-hybridized carbons (Fsp3) is 0.500. The summed E-state index contributed by atoms with van der Waals surface area (Å²) in [4.78, 5) is 16.6. The van der Waals surface area contributed by atoms with E-state index in [1.165, 1.54) is 29.7 Å². The average Bonchev–Trinajstić information content (AvgIpc) is 3.06. The molecule has 1 aromatic carbocycles. The molecule has 0 aliphatic heterocycles. The SMILES string of the molecule is CC(C)c1cccc2sc(NC(=O)NC3CCCC3)nc12. The van der Waals surface area contributed by atoms with Crippen LogP contribution in [0.15, 0.2) is 18.2 Å². The van der Waals surface area contributed by atoms with Crippen LogP contribution in [0.4, 0.5) is 9.93 Å². The molecule has 1 aliphatic rings. The van der Waals surface area contributed by atoms with Crippen molar-refractivity contribution in [1.82, 2.24) is 10.3 Å². The van der Waals surface area contributed by atoms with Gasteiger partial charge in [-0.1, -0.05) is 50.2 Å². The van der Waals surface area contributed by atoms with Gasteiger partial charge in [0.15, 0.2) is 5.13 Å². The Labute approximate surface area is 129 Å². The summed E-state index contributed by atoms with van der Waals surface area (Å²) in [5, 5.41) is 6.58. The number of para-hydroxylation sites is 1. The lowest BCUT2D eigenvalue weighted by molar-refractivity contribution is 0.248. The van der Waals surface area contributed by atoms with Crippen LogP contribution in [0.1, 0.15) is 51.0 Å². The first-order valence-electron chi connectivity index (χ1n) is 7.60. The van der Waals surface area contributed by atoms with E-state index in [1.807, 2.05) is 0 Å². The van der Waals surface area contributed by atoms with Crippen LogP contribution in [0.25, 0.3) is 10.2 Å². The van der Waals surface area contributed by atoms with E-state index in [1.54, 1.807) is 0 Å². The van der Waals surface area contributed by atoms with E-state index in [0.29, 0.717) is 17.1 Å². The summed E-state index contributed by atoms with van der Waals surface area (Å²) in [7, 11) is 0. The maximum Gasteiger partial charge on any atom is 0.321 e. The molecule has 5 heteroatoms. The first kappa shape index (κ1) is 14.3. The Bertz CT molecular complexity index is 644. The van der Waals surface area contributed by atoms with E-state index in [2.05, 4.69) is 47.7 Å². The lowest BCUT2D eigenvalue weighted by atomic mass is 10.0. The van der Waals surface area contributed by atoms with Crippen molar-refractivity contribution in [2.24, 2.45) is 0 Å². The molecule has 0 spiro atoms. The zero-order valence-corrected chi connectivity index (χ0v) is 13.3. The van der Waals surface area contributed by atoms with Gasteiger partial charge in [-0.05, 0) is 30.4 Å². The van der Waals surface area contributed by atoms with Gasteiger partial charge in [-0.15, -0.1) is 0 Å². The third kappa shape index (κ3) is 3.18. The highest BCUT2D eigenvalue weighted by molar-refractivity contribution is 7.22. The Morgan fingerprint density at radius 1 is 1.33 bits per heavy atom. The Balaban J connectivity index is 1.75. The maximum absolute atomic E-state index is 12.0. The van der Waals surface area contributed by atoms with Crippen molar-refractivity contribution in [3.63, 3.8) is 0 Å². The molecule has 0 bridgehead atoms. The fourth-order valence-electron chi connectivity index (χ4n) is 2.88. The van der Waals surface area contributed by atoms with E-state index in [4.69, 9.17) is 0 Å². The lowest BCUT2D eigenvalue weighted by Gasteiger charge is -2.11. The number of benzene rings is 1. The maximum atomic E-state index is 12.0. The van der Waals surface area contributed by atoms with E-state index >= 15 is 0 Å². The highest BCUT2D eigenvalue weighted by Gasteiger charge is 2.18. The third-order valence-corrected chi connectivity index (χ3v) is 4.92. The van der Waals surface area contributed by atoms with E-state index in [0.717, 1.165) is 23.1 Å². The van der Waals surface area contributed by atoms with Gasteiger partial charge in [-0.3, -0.25) is 5.32 Å². The van der Waals surface area contributed by atoms with Crippen molar-refractivity contribution < 1.29 is 4.79 Å². The van der Waals surface area contributed by atoms with Gasteiger partial charge in [0.2, 0.25) is 0 Å². The fourth-order valence-corrected chi connectivity index (χ4v) is 3.77. The number of carbonyl (C=O) groups is 1. The van der Waals surface area contributed by atoms with Crippen molar-refractivity contribution in [2.45, 2.75) is 51.5 Å². The molecule has 21 heavy (non-hydrogen) atoms. The van der Waals surface area contributed by atoms with Crippen molar-refractivity contribution in [3.05, 3.63) is 23.8 Å². The summed E-state index contributed by atoms with van der Waals surface area (Å²) in [5.41, 5.74) is 2.24. The van der Waals surface area contributed by atoms with Crippen molar-refractivity contribution >= 4 is 32.7 Å². The van der Waals surface area contributed by atoms with Gasteiger partial charge in [0, 0.05) is 6.04 Å². The summed E-state index contributed by atoms with van der Waals surface area (Å²) in [5.74, 6) is 0.427. The van der Waals surface area contributed by atoms with Gasteiger partial charge in [0.1, 0.15) is 0 Å². The summed E-state index contributed by atoms with van der Waals surface area (Å²) >= 11 is 1.53. The normalized spacial score (nSPS) is 15.8. The number of nitrogens with zero attached hydrogens (tertiary/aromatic N) is 1. The highest BCUT2D eigenvalue weighted by Crippen LogP contribution is 2.31. The molecule has 1 aliphatic carbocycles. The van der Waals surface area contributed by atoms with Gasteiger partial charge >= 0.3 is 6.03 Å². The minimum atomic E-state index is -0.132. The lowest BCUT2D eigenvalue weighted by Crippen LogP contribution is -2.36. The molecule has 1 saturated carbocycles. The van der Waals surface area contributed by atoms with E-state index < -0.39 is 0 Å². The number of hydrogen-bond donors (Lipinski definition) is 2. The number of thiazole rings is 1. The topological polar surface area (TPSA) is 54.0 Å². The Morgan fingerprint density at radius 3 is 2.81 bits per heavy atom. The van der Waals surface area contributed by atoms with Crippen LogP contribution in [-0.4, -0.2) is 17.1 Å². The van der Waals surface area contributed by atoms with Crippen LogP contribution in [0, 0.1) is 0 Å². The molecule has 0 radical (unpaired) electrons. The third-order valence-electron chi connectivity index (χ3n) is 3.98. The Morgan fingerprint density at radius 2 is 2.10 bits per heavy atom. The molecular weight excluding hydrogens is 282 g/mol. The number of anilines is 1. The molecule has 0 unspecified atom stereocenters. The van der Waals surface area contributed by atoms with Crippen LogP contribution in [0.5, 0.6) is 0 Å². The smallest absolute Gasteiger partial charge is 0.321 e. The molecular formula is C16H21N3OS. The molecule has 0 atom stereocenters. The molecule has 0 saturated heterocycles. The second kappa shape index (κ2) is 6.02. The van der Waals surface area contributed by atoms with Crippen LogP contribution in [-0.2, 0) is 0 Å². The van der Waals surface area contributed by atoms with Crippen molar-refractivity contribution in [3.8, 4) is 0 Å². The van der Waals surface area contributed by atoms with Gasteiger partial charge in [0.05, 0.1) is 10.2 Å². The monoisotopic (exact) mass is 303 g/mol. The van der Waals surface area contributed by atoms with E-state index in [-0.39, 0.29) is 6.03 Å². The van der Waals surface area contributed by atoms with E-state index in [9.17, 15) is 4.79 Å². The molecule has 2 aromatic rings. The molecule has 4 nitrogen and oxygen atoms in total. The Hall–Kier alpha value is -1.62. The first-order valence-corrected chi connectivity index (χ1v) is 8.42. The Kier molecular flexibility index (Phi) is 4.10. The quantitative estimate of drug-likeness (QED) is 0.878. The number of nitrogens with one attached hydrogen (secondary N) is 2. The molecule has 112 valence electrons. The summed E-state index contributed by atoms with van der Waals surface area (Å²) in [6, 6.07) is 6.41. The predicted molar refractivity (Wildman–Crippen MR) is 88.1 cm³/mol. The number of amides is 2. The zero-order chi connectivity index (χ0) is 14.8. The van der Waals surface area contributed by atoms with Gasteiger partial charge < -0.3 is 5.32 Å². The molecule has 1 aromatic heterocycles. The molecule has 1 heterocycles. The molecule has 1 fully saturated rings. The largest absolute Gasteiger partial charge is 0.335 e. The molecule has 2 N–H and O–H groups in total. The summed E-state index contributed by atoms with van der Waals surface area (Å²) in [6.45, 7) is 4.32. The number of aromatic nitrogens is 1. The van der Waals surface area contributed by atoms with Gasteiger partial charge in [-0.2, -0.15) is 0 Å². The van der Waals surface area contributed by atoms with Crippen LogP contribution < -0.4 is 10.6 Å². The minimum absolute atomic E-state index is 0.132. The van der Waals surface area contributed by atoms with Crippen molar-refractivity contribution in [1.29, 1.82) is 0 Å². The predicted octanol–water partition coefficient (Wildman–Crippen LogP) is 4.48. The summed E-state index contributed by atoms with van der Waals surface area (Å²) < 4.78 is 1.12. The summed E-state index contributed by atoms with van der Waals surface area (Å²) in [6.07, 6.45) is 4.60. The van der Waals surface area contributed by atoms with Crippen LogP contribution in [0.3, 0.4) is 0 Å². The van der Waals surface area contributed by atoms with Gasteiger partial charge in [-0.25, -0.2) is 9.78 Å². The minimum Gasteiger partial charge on any atom is -0.335 e. The standard InChI is InChI=1S/C16H21N3OS/c1-10(2)12-8-5-9-13-14(12)18-16(21-13)19-15(20)17-11-6-3-4-7-11/h5,8-11H,3-4,6-7H2,1-2H3,(H2,17,18,19,20). The second-order valence-electron chi connectivity index (χ2n) is 5.95. The number of hydrogen-bond acceptors (Lipinski definition) is 3. The van der Waals surface area contributed by atoms with Crippen LogP contribution in [0.2, 0.25) is 0 Å². The zero-order valence-electron chi connectivity index (χ0n) is 12.5.